The normalized spacial score (nSPS) is 14.8. The molecule has 0 saturated heterocycles. The van der Waals surface area contributed by atoms with E-state index in [4.69, 9.17) is 0 Å². The molecule has 0 bridgehead atoms. The van der Waals surface area contributed by atoms with Gasteiger partial charge in [0.1, 0.15) is 5.41 Å². The third-order valence-electron chi connectivity index (χ3n) is 5.06. The Morgan fingerprint density at radius 3 is 1.73 bits per heavy atom. The lowest BCUT2D eigenvalue weighted by Crippen LogP contribution is -2.37. The highest BCUT2D eigenvalue weighted by atomic mass is 16.3. The molecule has 1 heterocycles. The molecular formula is C22H19NO3. The van der Waals surface area contributed by atoms with Crippen molar-refractivity contribution < 1.29 is 15.0 Å². The molecule has 0 saturated carbocycles. The topological polar surface area (TPSA) is 69.6 Å². The average molecular weight is 345 g/mol. The predicted molar refractivity (Wildman–Crippen MR) is 99.7 cm³/mol. The zero-order valence-electron chi connectivity index (χ0n) is 14.1. The van der Waals surface area contributed by atoms with Gasteiger partial charge in [-0.05, 0) is 28.3 Å². The third kappa shape index (κ3) is 2.35. The molecule has 130 valence electrons. The van der Waals surface area contributed by atoms with Crippen LogP contribution in [0.2, 0.25) is 0 Å². The molecule has 0 radical (unpaired) electrons. The van der Waals surface area contributed by atoms with E-state index in [1.54, 1.807) is 0 Å². The highest BCUT2D eigenvalue weighted by Gasteiger charge is 2.49. The summed E-state index contributed by atoms with van der Waals surface area (Å²) in [6.07, 6.45) is 0. The Labute approximate surface area is 151 Å². The smallest absolute Gasteiger partial charge is 0.244 e. The lowest BCUT2D eigenvalue weighted by atomic mass is 9.70. The Bertz CT molecular complexity index is 898. The van der Waals surface area contributed by atoms with Gasteiger partial charge in [0.2, 0.25) is 5.91 Å². The van der Waals surface area contributed by atoms with Crippen molar-refractivity contribution in [3.63, 3.8) is 0 Å². The van der Waals surface area contributed by atoms with E-state index in [-0.39, 0.29) is 19.1 Å². The number of aliphatic hydroxyl groups excluding tert-OH is 2. The lowest BCUT2D eigenvalue weighted by molar-refractivity contribution is -0.118. The maximum absolute atomic E-state index is 13.3. The first-order chi connectivity index (χ1) is 12.7. The summed E-state index contributed by atoms with van der Waals surface area (Å²) in [5, 5.41) is 21.7. The first-order valence-corrected chi connectivity index (χ1v) is 8.51. The van der Waals surface area contributed by atoms with E-state index < -0.39 is 5.41 Å². The summed E-state index contributed by atoms with van der Waals surface area (Å²) in [6, 6.07) is 22.6. The minimum atomic E-state index is -0.960. The van der Waals surface area contributed by atoms with Crippen LogP contribution in [0, 0.1) is 0 Å². The summed E-state index contributed by atoms with van der Waals surface area (Å²) < 4.78 is 0. The van der Waals surface area contributed by atoms with Crippen LogP contribution in [-0.2, 0) is 23.4 Å². The van der Waals surface area contributed by atoms with E-state index in [1.807, 2.05) is 72.8 Å². The molecule has 3 aromatic rings. The zero-order valence-corrected chi connectivity index (χ0v) is 14.1. The van der Waals surface area contributed by atoms with Gasteiger partial charge in [-0.1, -0.05) is 66.7 Å². The summed E-state index contributed by atoms with van der Waals surface area (Å²) in [4.78, 5) is 13.3. The number of anilines is 1. The van der Waals surface area contributed by atoms with Crippen LogP contribution in [0.15, 0.2) is 72.8 Å². The van der Waals surface area contributed by atoms with Crippen LogP contribution in [0.5, 0.6) is 0 Å². The second kappa shape index (κ2) is 6.41. The highest BCUT2D eigenvalue weighted by Crippen LogP contribution is 2.47. The fraction of sp³-hybridized carbons (Fsp3) is 0.136. The first kappa shape index (κ1) is 16.5. The van der Waals surface area contributed by atoms with Gasteiger partial charge in [0.05, 0.1) is 13.2 Å². The summed E-state index contributed by atoms with van der Waals surface area (Å²) in [6.45, 7) is -0.0808. The number of benzene rings is 3. The molecule has 4 nitrogen and oxygen atoms in total. The van der Waals surface area contributed by atoms with Crippen molar-refractivity contribution in [3.05, 3.63) is 101 Å². The van der Waals surface area contributed by atoms with E-state index in [0.717, 1.165) is 33.5 Å². The number of fused-ring (bicyclic) bond motifs is 1. The van der Waals surface area contributed by atoms with Gasteiger partial charge in [-0.2, -0.15) is 0 Å². The van der Waals surface area contributed by atoms with Gasteiger partial charge < -0.3 is 15.5 Å². The SMILES string of the molecule is O=C1Nc2ccccc2C1(c1ccc(CO)cc1)c1ccc(CO)cc1. The van der Waals surface area contributed by atoms with Crippen LogP contribution < -0.4 is 5.32 Å². The van der Waals surface area contributed by atoms with Crippen LogP contribution >= 0.6 is 0 Å². The lowest BCUT2D eigenvalue weighted by Gasteiger charge is -2.29. The Balaban J connectivity index is 1.99. The van der Waals surface area contributed by atoms with Crippen molar-refractivity contribution in [2.75, 3.05) is 5.32 Å². The number of para-hydroxylation sites is 1. The van der Waals surface area contributed by atoms with Gasteiger partial charge in [-0.3, -0.25) is 4.79 Å². The Morgan fingerprint density at radius 1 is 0.731 bits per heavy atom. The summed E-state index contributed by atoms with van der Waals surface area (Å²) >= 11 is 0. The molecular weight excluding hydrogens is 326 g/mol. The number of nitrogens with one attached hydrogen (secondary N) is 1. The van der Waals surface area contributed by atoms with Crippen LogP contribution in [0.25, 0.3) is 0 Å². The molecule has 0 atom stereocenters. The van der Waals surface area contributed by atoms with Crippen molar-refractivity contribution in [1.29, 1.82) is 0 Å². The van der Waals surface area contributed by atoms with Crippen molar-refractivity contribution >= 4 is 11.6 Å². The molecule has 3 N–H and O–H groups in total. The average Bonchev–Trinajstić information content (AvgIpc) is 3.00. The summed E-state index contributed by atoms with van der Waals surface area (Å²) in [5.41, 5.74) is 4.02. The van der Waals surface area contributed by atoms with Crippen molar-refractivity contribution in [1.82, 2.24) is 0 Å². The van der Waals surface area contributed by atoms with E-state index >= 15 is 0 Å². The fourth-order valence-corrected chi connectivity index (χ4v) is 3.72. The number of aliphatic hydroxyl groups is 2. The van der Waals surface area contributed by atoms with Gasteiger partial charge in [0.15, 0.2) is 0 Å². The standard InChI is InChI=1S/C22H19NO3/c24-13-15-5-9-17(10-6-15)22(18-11-7-16(14-25)8-12-18)19-3-1-2-4-20(19)23-21(22)26/h1-12,24-25H,13-14H2,(H,23,26). The third-order valence-corrected chi connectivity index (χ3v) is 5.06. The van der Waals surface area contributed by atoms with E-state index in [9.17, 15) is 15.0 Å². The van der Waals surface area contributed by atoms with E-state index in [0.29, 0.717) is 0 Å². The number of hydrogen-bond donors (Lipinski definition) is 3. The zero-order chi connectivity index (χ0) is 18.1. The summed E-state index contributed by atoms with van der Waals surface area (Å²) in [7, 11) is 0. The Hall–Kier alpha value is -2.95. The maximum Gasteiger partial charge on any atom is 0.244 e. The Morgan fingerprint density at radius 2 is 1.23 bits per heavy atom. The monoisotopic (exact) mass is 345 g/mol. The molecule has 1 amide bonds. The van der Waals surface area contributed by atoms with E-state index in [2.05, 4.69) is 5.32 Å². The van der Waals surface area contributed by atoms with Crippen molar-refractivity contribution in [2.45, 2.75) is 18.6 Å². The van der Waals surface area contributed by atoms with Gasteiger partial charge in [0, 0.05) is 11.3 Å². The van der Waals surface area contributed by atoms with Gasteiger partial charge >= 0.3 is 0 Å². The molecule has 4 heteroatoms. The predicted octanol–water partition coefficient (Wildman–Crippen LogP) is 2.96. The molecule has 3 aromatic carbocycles. The highest BCUT2D eigenvalue weighted by molar-refractivity contribution is 6.11. The first-order valence-electron chi connectivity index (χ1n) is 8.51. The molecule has 0 aromatic heterocycles. The fourth-order valence-electron chi connectivity index (χ4n) is 3.72. The number of carbonyl (C=O) groups excluding carboxylic acids is 1. The van der Waals surface area contributed by atoms with Crippen molar-refractivity contribution in [3.8, 4) is 0 Å². The second-order valence-electron chi connectivity index (χ2n) is 6.46. The van der Waals surface area contributed by atoms with Crippen LogP contribution in [0.4, 0.5) is 5.69 Å². The van der Waals surface area contributed by atoms with Gasteiger partial charge in [-0.15, -0.1) is 0 Å². The molecule has 0 unspecified atom stereocenters. The maximum atomic E-state index is 13.3. The second-order valence-corrected chi connectivity index (χ2v) is 6.46. The molecule has 0 fully saturated rings. The quantitative estimate of drug-likeness (QED) is 0.681. The van der Waals surface area contributed by atoms with Gasteiger partial charge in [-0.25, -0.2) is 0 Å². The minimum Gasteiger partial charge on any atom is -0.392 e. The number of amides is 1. The van der Waals surface area contributed by atoms with Crippen molar-refractivity contribution in [2.24, 2.45) is 0 Å². The van der Waals surface area contributed by atoms with Gasteiger partial charge in [0.25, 0.3) is 0 Å². The molecule has 4 rings (SSSR count). The van der Waals surface area contributed by atoms with Crippen LogP contribution in [0.3, 0.4) is 0 Å². The van der Waals surface area contributed by atoms with Crippen LogP contribution in [0.1, 0.15) is 27.8 Å². The van der Waals surface area contributed by atoms with Crippen LogP contribution in [-0.4, -0.2) is 16.1 Å². The van der Waals surface area contributed by atoms with E-state index in [1.165, 1.54) is 0 Å². The Kier molecular flexibility index (Phi) is 4.07. The largest absolute Gasteiger partial charge is 0.392 e. The number of rotatable bonds is 4. The molecule has 0 aliphatic carbocycles. The molecule has 1 aliphatic heterocycles. The minimum absolute atomic E-state index is 0.0404. The molecule has 1 aliphatic rings. The number of carbonyl (C=O) groups is 1. The summed E-state index contributed by atoms with van der Waals surface area (Å²) in [5.74, 6) is -0.104. The molecule has 0 spiro atoms. The number of hydrogen-bond acceptors (Lipinski definition) is 3. The molecule has 26 heavy (non-hydrogen) atoms.